The third-order valence-corrected chi connectivity index (χ3v) is 3.93. The predicted molar refractivity (Wildman–Crippen MR) is 97.3 cm³/mol. The van der Waals surface area contributed by atoms with Crippen LogP contribution in [0.15, 0.2) is 42.5 Å². The first kappa shape index (κ1) is 18.8. The van der Waals surface area contributed by atoms with Gasteiger partial charge in [-0.3, -0.25) is 4.79 Å². The zero-order valence-electron chi connectivity index (χ0n) is 14.3. The number of amides is 1. The van der Waals surface area contributed by atoms with Crippen LogP contribution in [0, 0.1) is 6.92 Å². The van der Waals surface area contributed by atoms with Crippen molar-refractivity contribution < 1.29 is 19.1 Å². The number of carbonyl (C=O) groups is 2. The lowest BCUT2D eigenvalue weighted by molar-refractivity contribution is -0.122. The molecular formula is C19H20ClNO4. The van der Waals surface area contributed by atoms with Crippen LogP contribution in [0.2, 0.25) is 5.02 Å². The molecule has 0 unspecified atom stereocenters. The number of halogens is 1. The summed E-state index contributed by atoms with van der Waals surface area (Å²) in [7, 11) is 1.27. The first-order valence-corrected chi connectivity index (χ1v) is 8.24. The molecule has 25 heavy (non-hydrogen) atoms. The van der Waals surface area contributed by atoms with E-state index in [0.717, 1.165) is 5.56 Å². The standard InChI is InChI=1S/C19H20ClNO4/c1-4-17(25-14-8-5-12(2)6-9-14)18(22)21-13-7-10-16(20)15(11-13)19(23)24-3/h5-11,17H,4H2,1-3H3,(H,21,22)/t17-/m0/s1. The Labute approximate surface area is 151 Å². The molecule has 0 aromatic heterocycles. The quantitative estimate of drug-likeness (QED) is 0.782. The molecule has 0 radical (unpaired) electrons. The normalized spacial score (nSPS) is 11.5. The second-order valence-corrected chi connectivity index (χ2v) is 5.91. The van der Waals surface area contributed by atoms with E-state index in [0.29, 0.717) is 17.9 Å². The Morgan fingerprint density at radius 2 is 1.84 bits per heavy atom. The number of benzene rings is 2. The van der Waals surface area contributed by atoms with E-state index in [-0.39, 0.29) is 16.5 Å². The monoisotopic (exact) mass is 361 g/mol. The van der Waals surface area contributed by atoms with Crippen molar-refractivity contribution in [3.05, 3.63) is 58.6 Å². The molecule has 1 N–H and O–H groups in total. The summed E-state index contributed by atoms with van der Waals surface area (Å²) in [6.07, 6.45) is -0.156. The van der Waals surface area contributed by atoms with Gasteiger partial charge in [-0.2, -0.15) is 0 Å². The first-order valence-electron chi connectivity index (χ1n) is 7.86. The van der Waals surface area contributed by atoms with Crippen molar-refractivity contribution in [2.75, 3.05) is 12.4 Å². The van der Waals surface area contributed by atoms with E-state index >= 15 is 0 Å². The number of methoxy groups -OCH3 is 1. The molecule has 0 bridgehead atoms. The van der Waals surface area contributed by atoms with Crippen LogP contribution in [0.3, 0.4) is 0 Å². The lowest BCUT2D eigenvalue weighted by Crippen LogP contribution is -2.32. The Bertz CT molecular complexity index is 759. The zero-order valence-corrected chi connectivity index (χ0v) is 15.1. The maximum absolute atomic E-state index is 12.5. The number of hydrogen-bond acceptors (Lipinski definition) is 4. The molecule has 0 aliphatic rings. The van der Waals surface area contributed by atoms with Gasteiger partial charge in [0.25, 0.3) is 5.91 Å². The van der Waals surface area contributed by atoms with Crippen LogP contribution in [0.1, 0.15) is 29.3 Å². The average Bonchev–Trinajstić information content (AvgIpc) is 2.62. The number of hydrogen-bond donors (Lipinski definition) is 1. The minimum absolute atomic E-state index is 0.189. The van der Waals surface area contributed by atoms with E-state index in [2.05, 4.69) is 10.1 Å². The Hall–Kier alpha value is -2.53. The van der Waals surface area contributed by atoms with Crippen LogP contribution in [0.25, 0.3) is 0 Å². The van der Waals surface area contributed by atoms with Gasteiger partial charge in [0.05, 0.1) is 17.7 Å². The molecule has 1 atom stereocenters. The molecule has 0 aliphatic heterocycles. The van der Waals surface area contributed by atoms with Gasteiger partial charge in [0.1, 0.15) is 5.75 Å². The number of carbonyl (C=O) groups excluding carboxylic acids is 2. The molecule has 0 aliphatic carbocycles. The van der Waals surface area contributed by atoms with Crippen LogP contribution >= 0.6 is 11.6 Å². The SMILES string of the molecule is CC[C@H](Oc1ccc(C)cc1)C(=O)Nc1ccc(Cl)c(C(=O)OC)c1. The molecule has 2 aromatic rings. The van der Waals surface area contributed by atoms with E-state index in [9.17, 15) is 9.59 Å². The highest BCUT2D eigenvalue weighted by atomic mass is 35.5. The molecule has 0 heterocycles. The molecule has 2 aromatic carbocycles. The van der Waals surface area contributed by atoms with Crippen LogP contribution in [-0.4, -0.2) is 25.1 Å². The van der Waals surface area contributed by atoms with Crippen molar-refractivity contribution in [3.63, 3.8) is 0 Å². The highest BCUT2D eigenvalue weighted by Gasteiger charge is 2.20. The molecule has 0 fully saturated rings. The minimum Gasteiger partial charge on any atom is -0.481 e. The highest BCUT2D eigenvalue weighted by Crippen LogP contribution is 2.22. The van der Waals surface area contributed by atoms with E-state index in [1.807, 2.05) is 38.1 Å². The van der Waals surface area contributed by atoms with Gasteiger partial charge in [-0.1, -0.05) is 36.2 Å². The van der Waals surface area contributed by atoms with E-state index in [1.165, 1.54) is 19.2 Å². The molecule has 0 spiro atoms. The fourth-order valence-corrected chi connectivity index (χ4v) is 2.39. The second kappa shape index (κ2) is 8.53. The molecule has 1 amide bonds. The fourth-order valence-electron chi connectivity index (χ4n) is 2.20. The Morgan fingerprint density at radius 3 is 2.44 bits per heavy atom. The van der Waals surface area contributed by atoms with Crippen molar-refractivity contribution in [2.24, 2.45) is 0 Å². The third kappa shape index (κ3) is 4.97. The maximum atomic E-state index is 12.5. The van der Waals surface area contributed by atoms with Crippen LogP contribution in [0.4, 0.5) is 5.69 Å². The van der Waals surface area contributed by atoms with Gasteiger partial charge in [0.15, 0.2) is 6.10 Å². The van der Waals surface area contributed by atoms with Gasteiger partial charge in [0, 0.05) is 5.69 Å². The molecular weight excluding hydrogens is 342 g/mol. The highest BCUT2D eigenvalue weighted by molar-refractivity contribution is 6.33. The predicted octanol–water partition coefficient (Wildman–Crippen LogP) is 4.23. The van der Waals surface area contributed by atoms with Gasteiger partial charge in [-0.15, -0.1) is 0 Å². The van der Waals surface area contributed by atoms with Crippen molar-refractivity contribution >= 4 is 29.2 Å². The summed E-state index contributed by atoms with van der Waals surface area (Å²) in [6.45, 7) is 3.84. The van der Waals surface area contributed by atoms with E-state index in [4.69, 9.17) is 16.3 Å². The molecule has 0 saturated carbocycles. The smallest absolute Gasteiger partial charge is 0.339 e. The van der Waals surface area contributed by atoms with Gasteiger partial charge >= 0.3 is 5.97 Å². The average molecular weight is 362 g/mol. The van der Waals surface area contributed by atoms with E-state index in [1.54, 1.807) is 6.07 Å². The maximum Gasteiger partial charge on any atom is 0.339 e. The van der Waals surface area contributed by atoms with Crippen molar-refractivity contribution in [1.29, 1.82) is 0 Å². The van der Waals surface area contributed by atoms with Gasteiger partial charge in [-0.25, -0.2) is 4.79 Å². The van der Waals surface area contributed by atoms with Gasteiger partial charge in [-0.05, 0) is 43.7 Å². The molecule has 6 heteroatoms. The lowest BCUT2D eigenvalue weighted by atomic mass is 10.2. The minimum atomic E-state index is -0.653. The summed E-state index contributed by atoms with van der Waals surface area (Å²) < 4.78 is 10.4. The Balaban J connectivity index is 2.11. The third-order valence-electron chi connectivity index (χ3n) is 3.60. The van der Waals surface area contributed by atoms with E-state index < -0.39 is 12.1 Å². The zero-order chi connectivity index (χ0) is 18.4. The Morgan fingerprint density at radius 1 is 1.16 bits per heavy atom. The molecule has 0 saturated heterocycles. The van der Waals surface area contributed by atoms with Crippen molar-refractivity contribution in [2.45, 2.75) is 26.4 Å². The fraction of sp³-hybridized carbons (Fsp3) is 0.263. The summed E-state index contributed by atoms with van der Waals surface area (Å²) in [4.78, 5) is 24.2. The number of ether oxygens (including phenoxy) is 2. The summed E-state index contributed by atoms with van der Waals surface area (Å²) in [6, 6.07) is 12.1. The largest absolute Gasteiger partial charge is 0.481 e. The second-order valence-electron chi connectivity index (χ2n) is 5.50. The van der Waals surface area contributed by atoms with Crippen LogP contribution in [-0.2, 0) is 9.53 Å². The number of anilines is 1. The van der Waals surface area contributed by atoms with Crippen LogP contribution in [0.5, 0.6) is 5.75 Å². The summed E-state index contributed by atoms with van der Waals surface area (Å²) in [5.74, 6) is -0.246. The summed E-state index contributed by atoms with van der Waals surface area (Å²) in [5, 5.41) is 3.00. The number of esters is 1. The van der Waals surface area contributed by atoms with Crippen molar-refractivity contribution in [3.8, 4) is 5.75 Å². The summed E-state index contributed by atoms with van der Waals surface area (Å²) >= 11 is 5.98. The lowest BCUT2D eigenvalue weighted by Gasteiger charge is -2.17. The van der Waals surface area contributed by atoms with Crippen molar-refractivity contribution in [1.82, 2.24) is 0 Å². The molecule has 2 rings (SSSR count). The van der Waals surface area contributed by atoms with Gasteiger partial charge in [0.2, 0.25) is 0 Å². The number of aryl methyl sites for hydroxylation is 1. The molecule has 132 valence electrons. The first-order chi connectivity index (χ1) is 11.9. The number of nitrogens with one attached hydrogen (secondary N) is 1. The summed E-state index contributed by atoms with van der Waals surface area (Å²) in [5.41, 5.74) is 1.75. The topological polar surface area (TPSA) is 64.6 Å². The molecule has 5 nitrogen and oxygen atoms in total. The van der Waals surface area contributed by atoms with Crippen LogP contribution < -0.4 is 10.1 Å². The Kier molecular flexibility index (Phi) is 6.42. The van der Waals surface area contributed by atoms with Gasteiger partial charge < -0.3 is 14.8 Å². The number of rotatable bonds is 6.